The highest BCUT2D eigenvalue weighted by molar-refractivity contribution is 7.99. The topological polar surface area (TPSA) is 107 Å². The molecule has 154 valence electrons. The summed E-state index contributed by atoms with van der Waals surface area (Å²) >= 11 is 18.9. The number of rotatable bonds is 7. The van der Waals surface area contributed by atoms with E-state index in [4.69, 9.17) is 34.8 Å². The van der Waals surface area contributed by atoms with Crippen LogP contribution in [0.15, 0.2) is 28.0 Å². The summed E-state index contributed by atoms with van der Waals surface area (Å²) in [5.74, 6) is -1.20. The molecule has 0 aliphatic rings. The lowest BCUT2D eigenvalue weighted by atomic mass is 10.3. The molecule has 0 bridgehead atoms. The van der Waals surface area contributed by atoms with Gasteiger partial charge in [0, 0.05) is 17.9 Å². The van der Waals surface area contributed by atoms with Crippen molar-refractivity contribution in [3.8, 4) is 0 Å². The third-order valence-corrected chi connectivity index (χ3v) is 6.83. The van der Waals surface area contributed by atoms with Crippen LogP contribution in [0, 0.1) is 0 Å². The number of hydrogen-bond donors (Lipinski definition) is 2. The molecule has 1 aromatic carbocycles. The summed E-state index contributed by atoms with van der Waals surface area (Å²) in [4.78, 5) is 16.1. The molecule has 7 nitrogen and oxygen atoms in total. The molecule has 0 radical (unpaired) electrons. The number of nitrogens with two attached hydrogens (primary N) is 1. The van der Waals surface area contributed by atoms with E-state index in [0.717, 1.165) is 16.3 Å². The van der Waals surface area contributed by atoms with Crippen LogP contribution in [0.5, 0.6) is 0 Å². The molecule has 1 aromatic heterocycles. The molecule has 0 saturated carbocycles. The van der Waals surface area contributed by atoms with E-state index in [1.165, 1.54) is 12.1 Å². The van der Waals surface area contributed by atoms with Gasteiger partial charge in [0.25, 0.3) is 15.9 Å². The molecule has 0 atom stereocenters. The molecule has 0 saturated heterocycles. The Morgan fingerprint density at radius 3 is 2.57 bits per heavy atom. The van der Waals surface area contributed by atoms with Crippen LogP contribution in [0.2, 0.25) is 15.5 Å². The average Bonchev–Trinajstić information content (AvgIpc) is 2.85. The largest absolute Gasteiger partial charge is 0.305 e. The Balaban J connectivity index is 2.33. The molecule has 1 amide bonds. The predicted molar refractivity (Wildman–Crippen MR) is 104 cm³/mol. The number of carbonyl (C=O) groups is 1. The van der Waals surface area contributed by atoms with Crippen molar-refractivity contribution < 1.29 is 22.0 Å². The lowest BCUT2D eigenvalue weighted by Gasteiger charge is -2.12. The number of alkyl halides is 2. The summed E-state index contributed by atoms with van der Waals surface area (Å²) in [5, 5.41) is -0.877. The van der Waals surface area contributed by atoms with Crippen LogP contribution in [0.4, 0.5) is 8.78 Å². The Kier molecular flexibility index (Phi) is 7.22. The lowest BCUT2D eigenvalue weighted by Crippen LogP contribution is -2.32. The van der Waals surface area contributed by atoms with Crippen LogP contribution in [-0.4, -0.2) is 36.2 Å². The van der Waals surface area contributed by atoms with E-state index >= 15 is 0 Å². The van der Waals surface area contributed by atoms with Gasteiger partial charge >= 0.3 is 6.05 Å². The van der Waals surface area contributed by atoms with Crippen molar-refractivity contribution in [2.45, 2.75) is 28.8 Å². The van der Waals surface area contributed by atoms with Gasteiger partial charge < -0.3 is 4.57 Å². The molecule has 3 N–H and O–H groups in total. The normalized spacial score (nSPS) is 12.2. The zero-order valence-electron chi connectivity index (χ0n) is 14.0. The van der Waals surface area contributed by atoms with E-state index in [9.17, 15) is 22.0 Å². The van der Waals surface area contributed by atoms with Crippen molar-refractivity contribution in [2.24, 2.45) is 5.73 Å². The van der Waals surface area contributed by atoms with Crippen molar-refractivity contribution in [2.75, 3.05) is 6.26 Å². The number of benzene rings is 1. The van der Waals surface area contributed by atoms with E-state index < -0.39 is 45.8 Å². The molecule has 2 aromatic rings. The van der Waals surface area contributed by atoms with Crippen molar-refractivity contribution in [1.29, 1.82) is 0 Å². The molecular formula is C14H13Cl3F2N4O3S2. The fourth-order valence-electron chi connectivity index (χ4n) is 2.14. The summed E-state index contributed by atoms with van der Waals surface area (Å²) < 4.78 is 53.6. The second-order valence-electron chi connectivity index (χ2n) is 5.39. The quantitative estimate of drug-likeness (QED) is 0.451. The van der Waals surface area contributed by atoms with E-state index in [2.05, 4.69) is 10.7 Å². The average molecular weight is 494 g/mol. The smallest absolute Gasteiger partial charge is 0.301 e. The number of imidazole rings is 1. The highest BCUT2D eigenvalue weighted by atomic mass is 35.5. The summed E-state index contributed by atoms with van der Waals surface area (Å²) in [5.41, 5.74) is 4.07. The second-order valence-corrected chi connectivity index (χ2v) is 8.96. The number of aromatic nitrogens is 2. The molecule has 2 rings (SSSR count). The maximum absolute atomic E-state index is 12.8. The fourth-order valence-corrected chi connectivity index (χ4v) is 5.45. The summed E-state index contributed by atoms with van der Waals surface area (Å²) in [6.45, 7) is -0.435. The minimum atomic E-state index is -4.38. The monoisotopic (exact) mass is 492 g/mol. The van der Waals surface area contributed by atoms with E-state index in [1.54, 1.807) is 17.0 Å². The summed E-state index contributed by atoms with van der Waals surface area (Å²) in [6.07, 6.45) is 0.816. The highest BCUT2D eigenvalue weighted by Crippen LogP contribution is 2.31. The van der Waals surface area contributed by atoms with Crippen LogP contribution in [0.25, 0.3) is 0 Å². The van der Waals surface area contributed by atoms with Gasteiger partial charge in [-0.25, -0.2) is 18.1 Å². The first-order valence-electron chi connectivity index (χ1n) is 7.35. The van der Waals surface area contributed by atoms with Crippen LogP contribution < -0.4 is 10.5 Å². The number of nitrogens with one attached hydrogen (secondary N) is 1. The zero-order valence-corrected chi connectivity index (χ0v) is 17.9. The Labute approximate surface area is 178 Å². The molecule has 0 aliphatic carbocycles. The maximum atomic E-state index is 12.8. The SMILES string of the molecule is CSc1cccc(Cl)c1S(=O)(=O)NC(=O)c1nc(Cl)n(CCC(N)(F)F)c1Cl. The van der Waals surface area contributed by atoms with E-state index in [-0.39, 0.29) is 15.2 Å². The first-order chi connectivity index (χ1) is 12.9. The Morgan fingerprint density at radius 2 is 2.00 bits per heavy atom. The zero-order chi connectivity index (χ0) is 21.3. The molecular weight excluding hydrogens is 481 g/mol. The number of hydrogen-bond acceptors (Lipinski definition) is 6. The number of carbonyl (C=O) groups excluding carboxylic acids is 1. The standard InChI is InChI=1S/C14H13Cl3F2N4O3S2/c1-27-8-4-2-3-7(15)10(8)28(25,26)22-12(24)9-11(16)23(13(17)21-9)6-5-14(18,19)20/h2-4H,5-6,20H2,1H3,(H,22,24). The van der Waals surface area contributed by atoms with Gasteiger partial charge in [0.15, 0.2) is 5.69 Å². The Bertz CT molecular complexity index is 1010. The highest BCUT2D eigenvalue weighted by Gasteiger charge is 2.29. The minimum absolute atomic E-state index is 0.0908. The third-order valence-electron chi connectivity index (χ3n) is 3.39. The van der Waals surface area contributed by atoms with Crippen molar-refractivity contribution >= 4 is 62.5 Å². The molecule has 0 spiro atoms. The molecule has 0 aliphatic heterocycles. The van der Waals surface area contributed by atoms with Gasteiger partial charge in [-0.05, 0) is 30.0 Å². The molecule has 0 unspecified atom stereocenters. The lowest BCUT2D eigenvalue weighted by molar-refractivity contribution is -0.00473. The maximum Gasteiger partial charge on any atom is 0.301 e. The van der Waals surface area contributed by atoms with E-state index in [0.29, 0.717) is 4.90 Å². The van der Waals surface area contributed by atoms with Crippen molar-refractivity contribution in [3.05, 3.63) is 39.4 Å². The van der Waals surface area contributed by atoms with Gasteiger partial charge in [-0.2, -0.15) is 8.78 Å². The minimum Gasteiger partial charge on any atom is -0.305 e. The van der Waals surface area contributed by atoms with Crippen molar-refractivity contribution in [1.82, 2.24) is 14.3 Å². The Morgan fingerprint density at radius 1 is 1.36 bits per heavy atom. The summed E-state index contributed by atoms with van der Waals surface area (Å²) in [6, 6.07) is 0.939. The molecule has 28 heavy (non-hydrogen) atoms. The molecule has 0 fully saturated rings. The second kappa shape index (κ2) is 8.72. The number of nitrogens with zero attached hydrogens (tertiary/aromatic N) is 2. The number of sulfonamides is 1. The number of amides is 1. The molecule has 14 heteroatoms. The van der Waals surface area contributed by atoms with Crippen LogP contribution in [0.1, 0.15) is 16.9 Å². The van der Waals surface area contributed by atoms with Crippen molar-refractivity contribution in [3.63, 3.8) is 0 Å². The van der Waals surface area contributed by atoms with E-state index in [1.807, 2.05) is 0 Å². The van der Waals surface area contributed by atoms with Crippen LogP contribution >= 0.6 is 46.6 Å². The van der Waals surface area contributed by atoms with Crippen LogP contribution in [0.3, 0.4) is 0 Å². The van der Waals surface area contributed by atoms with Gasteiger partial charge in [-0.3, -0.25) is 10.5 Å². The number of halogens is 5. The molecule has 1 heterocycles. The van der Waals surface area contributed by atoms with Gasteiger partial charge in [0.2, 0.25) is 5.28 Å². The first kappa shape index (κ1) is 23.2. The summed E-state index contributed by atoms with van der Waals surface area (Å²) in [7, 11) is -4.38. The first-order valence-corrected chi connectivity index (χ1v) is 11.2. The Hall–Kier alpha value is -1.11. The fraction of sp³-hybridized carbons (Fsp3) is 0.286. The van der Waals surface area contributed by atoms with Gasteiger partial charge in [-0.1, -0.05) is 29.3 Å². The predicted octanol–water partition coefficient (Wildman–Crippen LogP) is 3.63. The number of thioether (sulfide) groups is 1. The van der Waals surface area contributed by atoms with Gasteiger partial charge in [0.1, 0.15) is 10.0 Å². The van der Waals surface area contributed by atoms with Gasteiger partial charge in [-0.15, -0.1) is 11.8 Å². The van der Waals surface area contributed by atoms with Crippen LogP contribution in [-0.2, 0) is 16.6 Å². The third kappa shape index (κ3) is 5.28. The van der Waals surface area contributed by atoms with Gasteiger partial charge in [0.05, 0.1) is 5.02 Å².